The number of benzene rings is 3. The molecule has 0 radical (unpaired) electrons. The van der Waals surface area contributed by atoms with Crippen molar-refractivity contribution in [3.8, 4) is 17.2 Å². The highest BCUT2D eigenvalue weighted by molar-refractivity contribution is 6.11. The lowest BCUT2D eigenvalue weighted by Crippen LogP contribution is -2.60. The zero-order valence-electron chi connectivity index (χ0n) is 24.8. The first-order chi connectivity index (χ1) is 21.2. The van der Waals surface area contributed by atoms with Gasteiger partial charge < -0.3 is 54.2 Å². The van der Waals surface area contributed by atoms with Gasteiger partial charge in [-0.3, -0.25) is 4.79 Å². The van der Waals surface area contributed by atoms with Crippen LogP contribution in [0.1, 0.15) is 16.1 Å². The highest BCUT2D eigenvalue weighted by atomic mass is 16.7. The minimum Gasteiger partial charge on any atom is -0.493 e. The predicted octanol–water partition coefficient (Wildman–Crippen LogP) is 1.65. The molecule has 1 aromatic heterocycles. The fraction of sp³-hybridized carbons (Fsp3) is 0.406. The van der Waals surface area contributed by atoms with Crippen LogP contribution >= 0.6 is 0 Å². The number of nitrogens with one attached hydrogen (secondary N) is 1. The molecule has 1 fully saturated rings. The van der Waals surface area contributed by atoms with Crippen molar-refractivity contribution in [1.29, 1.82) is 0 Å². The predicted molar refractivity (Wildman–Crippen MR) is 163 cm³/mol. The molecule has 5 unspecified atom stereocenters. The third-order valence-corrected chi connectivity index (χ3v) is 8.24. The minimum absolute atomic E-state index is 0.233. The molecule has 0 saturated carbocycles. The number of rotatable bonds is 9. The molecule has 5 N–H and O–H groups in total. The van der Waals surface area contributed by atoms with E-state index in [9.17, 15) is 25.2 Å². The van der Waals surface area contributed by atoms with Gasteiger partial charge in [-0.1, -0.05) is 24.3 Å². The molecular formula is C32H37N3O9. The number of amides is 1. The molecule has 5 atom stereocenters. The first kappa shape index (κ1) is 30.1. The normalized spacial score (nSPS) is 23.4. The van der Waals surface area contributed by atoms with Gasteiger partial charge in [-0.15, -0.1) is 0 Å². The number of methoxy groups -OCH3 is 1. The topological polar surface area (TPSA) is 157 Å². The van der Waals surface area contributed by atoms with Crippen LogP contribution in [-0.4, -0.2) is 114 Å². The Kier molecular flexibility index (Phi) is 8.38. The van der Waals surface area contributed by atoms with Gasteiger partial charge >= 0.3 is 0 Å². The summed E-state index contributed by atoms with van der Waals surface area (Å²) in [6, 6.07) is 14.7. The summed E-state index contributed by atoms with van der Waals surface area (Å²) in [5.41, 5.74) is 2.75. The van der Waals surface area contributed by atoms with E-state index < -0.39 is 37.3 Å². The summed E-state index contributed by atoms with van der Waals surface area (Å²) < 4.78 is 23.2. The van der Waals surface area contributed by atoms with Crippen molar-refractivity contribution >= 4 is 33.3 Å². The second kappa shape index (κ2) is 12.2. The highest BCUT2D eigenvalue weighted by Gasteiger charge is 2.45. The number of hydrogen-bond donors (Lipinski definition) is 5. The largest absolute Gasteiger partial charge is 0.493 e. The fourth-order valence-corrected chi connectivity index (χ4v) is 5.85. The lowest BCUT2D eigenvalue weighted by atomic mass is 9.99. The van der Waals surface area contributed by atoms with Crippen LogP contribution in [0.25, 0.3) is 21.7 Å². The number of fused-ring (bicyclic) bond motifs is 4. The Hall–Kier alpha value is -3.91. The van der Waals surface area contributed by atoms with E-state index in [1.54, 1.807) is 24.1 Å². The van der Waals surface area contributed by atoms with Gasteiger partial charge in [0.15, 0.2) is 11.5 Å². The van der Waals surface area contributed by atoms with Crippen LogP contribution in [0.15, 0.2) is 48.5 Å². The molecule has 12 heteroatoms. The summed E-state index contributed by atoms with van der Waals surface area (Å²) in [5.74, 6) is 1.24. The maximum Gasteiger partial charge on any atom is 0.274 e. The van der Waals surface area contributed by atoms with Crippen molar-refractivity contribution < 1.29 is 44.2 Å². The van der Waals surface area contributed by atoms with Crippen LogP contribution in [0.5, 0.6) is 17.2 Å². The first-order valence-corrected chi connectivity index (χ1v) is 14.5. The standard InChI is InChI=1S/C32H37N3O9/c1-34(2)10-11-42-26-13-17-12-22(33-21(17)14-25(26)41-3)31(40)35-9-8-19-18-6-4-5-7-20(18)24(15-23(19)35)43-32-30(39)29(38)28(37)27(16-36)44-32/h4-7,12-15,27-30,32-33,36-39H,8-11,16H2,1-3H3. The van der Waals surface area contributed by atoms with E-state index >= 15 is 0 Å². The number of ether oxygens (including phenoxy) is 4. The zero-order chi connectivity index (χ0) is 31.1. The van der Waals surface area contributed by atoms with E-state index in [1.165, 1.54) is 0 Å². The summed E-state index contributed by atoms with van der Waals surface area (Å²) >= 11 is 0. The van der Waals surface area contributed by atoms with Crippen LogP contribution in [0.2, 0.25) is 0 Å². The molecule has 2 aliphatic heterocycles. The van der Waals surface area contributed by atoms with Crippen LogP contribution in [0.3, 0.4) is 0 Å². The summed E-state index contributed by atoms with van der Waals surface area (Å²) in [5, 5.41) is 43.1. The number of aromatic amines is 1. The molecule has 1 saturated heterocycles. The highest BCUT2D eigenvalue weighted by Crippen LogP contribution is 2.42. The molecule has 1 amide bonds. The molecule has 4 aromatic rings. The molecule has 0 bridgehead atoms. The average molecular weight is 608 g/mol. The van der Waals surface area contributed by atoms with Gasteiger partial charge in [0, 0.05) is 41.5 Å². The molecule has 0 spiro atoms. The number of aliphatic hydroxyl groups excluding tert-OH is 4. The molecule has 2 aliphatic rings. The SMILES string of the molecule is COc1cc2[nH]c(C(=O)N3CCc4c3cc(OC3OC(CO)C(O)C(O)C3O)c3ccccc43)cc2cc1OCCN(C)C. The second-order valence-electron chi connectivity index (χ2n) is 11.4. The maximum absolute atomic E-state index is 13.9. The summed E-state index contributed by atoms with van der Waals surface area (Å²) in [7, 11) is 5.51. The lowest BCUT2D eigenvalue weighted by Gasteiger charge is -2.39. The van der Waals surface area contributed by atoms with Gasteiger partial charge in [0.25, 0.3) is 5.91 Å². The molecule has 0 aliphatic carbocycles. The van der Waals surface area contributed by atoms with E-state index in [0.29, 0.717) is 48.2 Å². The Morgan fingerprint density at radius 2 is 1.80 bits per heavy atom. The van der Waals surface area contributed by atoms with Crippen molar-refractivity contribution in [2.45, 2.75) is 37.1 Å². The molecule has 234 valence electrons. The monoisotopic (exact) mass is 607 g/mol. The van der Waals surface area contributed by atoms with E-state index in [1.807, 2.05) is 55.4 Å². The van der Waals surface area contributed by atoms with Crippen LogP contribution in [0, 0.1) is 0 Å². The Morgan fingerprint density at radius 1 is 1.02 bits per heavy atom. The maximum atomic E-state index is 13.9. The van der Waals surface area contributed by atoms with Gasteiger partial charge in [0.2, 0.25) is 6.29 Å². The molecule has 44 heavy (non-hydrogen) atoms. The van der Waals surface area contributed by atoms with Crippen molar-refractivity contribution in [2.75, 3.05) is 52.4 Å². The number of carbonyl (C=O) groups is 1. The van der Waals surface area contributed by atoms with Gasteiger partial charge in [-0.25, -0.2) is 0 Å². The van der Waals surface area contributed by atoms with Crippen molar-refractivity contribution in [3.05, 3.63) is 59.8 Å². The van der Waals surface area contributed by atoms with Crippen LogP contribution in [0.4, 0.5) is 5.69 Å². The third-order valence-electron chi connectivity index (χ3n) is 8.24. The number of aliphatic hydroxyl groups is 4. The second-order valence-corrected chi connectivity index (χ2v) is 11.4. The van der Waals surface area contributed by atoms with Crippen LogP contribution in [-0.2, 0) is 11.2 Å². The summed E-state index contributed by atoms with van der Waals surface area (Å²) in [6.07, 6.45) is -6.51. The molecule has 3 aromatic carbocycles. The van der Waals surface area contributed by atoms with Crippen LogP contribution < -0.4 is 19.1 Å². The van der Waals surface area contributed by atoms with Gasteiger partial charge in [0.1, 0.15) is 42.5 Å². The van der Waals surface area contributed by atoms with Gasteiger partial charge in [0.05, 0.1) is 19.4 Å². The Labute approximate surface area is 253 Å². The number of hydrogen-bond acceptors (Lipinski definition) is 10. The number of H-pyrrole nitrogens is 1. The van der Waals surface area contributed by atoms with Crippen molar-refractivity contribution in [1.82, 2.24) is 9.88 Å². The molecule has 6 rings (SSSR count). The summed E-state index contributed by atoms with van der Waals surface area (Å²) in [4.78, 5) is 20.9. The number of carbonyl (C=O) groups excluding carboxylic acids is 1. The van der Waals surface area contributed by atoms with Crippen molar-refractivity contribution in [3.63, 3.8) is 0 Å². The lowest BCUT2D eigenvalue weighted by molar-refractivity contribution is -0.277. The van der Waals surface area contributed by atoms with Crippen molar-refractivity contribution in [2.24, 2.45) is 0 Å². The average Bonchev–Trinajstić information content (AvgIpc) is 3.64. The van der Waals surface area contributed by atoms with E-state index in [-0.39, 0.29) is 5.91 Å². The van der Waals surface area contributed by atoms with E-state index in [0.717, 1.165) is 33.8 Å². The third kappa shape index (κ3) is 5.45. The molecule has 3 heterocycles. The minimum atomic E-state index is -1.58. The van der Waals surface area contributed by atoms with Gasteiger partial charge in [-0.2, -0.15) is 0 Å². The molecular weight excluding hydrogens is 570 g/mol. The summed E-state index contributed by atoms with van der Waals surface area (Å²) in [6.45, 7) is 1.09. The van der Waals surface area contributed by atoms with Gasteiger partial charge in [-0.05, 0) is 43.6 Å². The number of anilines is 1. The Balaban J connectivity index is 1.32. The Bertz CT molecular complexity index is 1670. The van der Waals surface area contributed by atoms with E-state index in [4.69, 9.17) is 18.9 Å². The number of likely N-dealkylation sites (N-methyl/N-ethyl adjacent to an activating group) is 1. The first-order valence-electron chi connectivity index (χ1n) is 14.5. The smallest absolute Gasteiger partial charge is 0.274 e. The fourth-order valence-electron chi connectivity index (χ4n) is 5.85. The quantitative estimate of drug-likeness (QED) is 0.190. The van der Waals surface area contributed by atoms with E-state index in [2.05, 4.69) is 4.98 Å². The number of nitrogens with zero attached hydrogens (tertiary/aromatic N) is 2. The number of aromatic nitrogens is 1. The zero-order valence-corrected chi connectivity index (χ0v) is 24.8. The molecule has 12 nitrogen and oxygen atoms in total. The Morgan fingerprint density at radius 3 is 2.52 bits per heavy atom.